The molecular formula is C13H22N2O3. The fourth-order valence-corrected chi connectivity index (χ4v) is 2.73. The number of hydrogen-bond donors (Lipinski definition) is 2. The molecule has 2 amide bonds. The van der Waals surface area contributed by atoms with Gasteiger partial charge in [-0.25, -0.2) is 4.79 Å². The molecule has 1 saturated heterocycles. The minimum absolute atomic E-state index is 0.0791. The van der Waals surface area contributed by atoms with Crippen molar-refractivity contribution < 1.29 is 14.7 Å². The van der Waals surface area contributed by atoms with Crippen LogP contribution in [-0.4, -0.2) is 41.1 Å². The largest absolute Gasteiger partial charge is 0.481 e. The first kappa shape index (κ1) is 13.2. The van der Waals surface area contributed by atoms with Crippen LogP contribution >= 0.6 is 0 Å². The summed E-state index contributed by atoms with van der Waals surface area (Å²) < 4.78 is 0. The average Bonchev–Trinajstić information content (AvgIpc) is 3.08. The number of carboxylic acids is 1. The molecule has 2 fully saturated rings. The van der Waals surface area contributed by atoms with Gasteiger partial charge in [0.05, 0.1) is 5.92 Å². The zero-order valence-electron chi connectivity index (χ0n) is 10.9. The van der Waals surface area contributed by atoms with Crippen molar-refractivity contribution in [3.8, 4) is 0 Å². The second kappa shape index (κ2) is 5.59. The van der Waals surface area contributed by atoms with Gasteiger partial charge in [-0.1, -0.05) is 13.3 Å². The third-order valence-electron chi connectivity index (χ3n) is 3.95. The van der Waals surface area contributed by atoms with E-state index in [9.17, 15) is 9.59 Å². The number of nitrogens with one attached hydrogen (secondary N) is 1. The first-order valence-electron chi connectivity index (χ1n) is 6.90. The normalized spacial score (nSPS) is 30.9. The Kier molecular flexibility index (Phi) is 4.09. The number of carbonyl (C=O) groups is 2. The molecule has 2 N–H and O–H groups in total. The molecule has 0 aromatic carbocycles. The lowest BCUT2D eigenvalue weighted by molar-refractivity contribution is -0.143. The second-order valence-electron chi connectivity index (χ2n) is 5.46. The first-order valence-corrected chi connectivity index (χ1v) is 6.90. The second-order valence-corrected chi connectivity index (χ2v) is 5.46. The van der Waals surface area contributed by atoms with Crippen LogP contribution in [0.3, 0.4) is 0 Å². The maximum absolute atomic E-state index is 12.0. The highest BCUT2D eigenvalue weighted by Crippen LogP contribution is 2.34. The number of rotatable bonds is 4. The monoisotopic (exact) mass is 254 g/mol. The zero-order valence-corrected chi connectivity index (χ0v) is 10.9. The SMILES string of the molecule is CCCC1CC1NC(=O)N1CCC[C@H](C(=O)O)C1. The zero-order chi connectivity index (χ0) is 13.1. The van der Waals surface area contributed by atoms with E-state index in [0.29, 0.717) is 31.5 Å². The van der Waals surface area contributed by atoms with Crippen LogP contribution < -0.4 is 5.32 Å². The minimum Gasteiger partial charge on any atom is -0.481 e. The van der Waals surface area contributed by atoms with Crippen molar-refractivity contribution in [3.05, 3.63) is 0 Å². The van der Waals surface area contributed by atoms with E-state index in [2.05, 4.69) is 12.2 Å². The van der Waals surface area contributed by atoms with E-state index in [4.69, 9.17) is 5.11 Å². The maximum atomic E-state index is 12.0. The molecule has 5 heteroatoms. The van der Waals surface area contributed by atoms with E-state index >= 15 is 0 Å². The molecule has 3 atom stereocenters. The third kappa shape index (κ3) is 3.15. The van der Waals surface area contributed by atoms with Crippen molar-refractivity contribution in [1.29, 1.82) is 0 Å². The van der Waals surface area contributed by atoms with Crippen molar-refractivity contribution in [2.75, 3.05) is 13.1 Å². The number of urea groups is 1. The smallest absolute Gasteiger partial charge is 0.317 e. The molecule has 2 unspecified atom stereocenters. The molecule has 102 valence electrons. The van der Waals surface area contributed by atoms with Crippen molar-refractivity contribution in [2.45, 2.75) is 45.1 Å². The van der Waals surface area contributed by atoms with E-state index in [1.54, 1.807) is 4.90 Å². The molecule has 1 aliphatic heterocycles. The van der Waals surface area contributed by atoms with Crippen LogP contribution in [0.5, 0.6) is 0 Å². The van der Waals surface area contributed by atoms with Crippen LogP contribution in [0.4, 0.5) is 4.79 Å². The molecule has 0 bridgehead atoms. The van der Waals surface area contributed by atoms with Crippen molar-refractivity contribution in [3.63, 3.8) is 0 Å². The highest BCUT2D eigenvalue weighted by Gasteiger charge is 2.38. The molecule has 5 nitrogen and oxygen atoms in total. The number of nitrogens with zero attached hydrogens (tertiary/aromatic N) is 1. The van der Waals surface area contributed by atoms with Gasteiger partial charge in [-0.2, -0.15) is 0 Å². The topological polar surface area (TPSA) is 69.6 Å². The van der Waals surface area contributed by atoms with E-state index in [1.165, 1.54) is 6.42 Å². The van der Waals surface area contributed by atoms with Gasteiger partial charge in [0, 0.05) is 19.1 Å². The van der Waals surface area contributed by atoms with Gasteiger partial charge in [-0.3, -0.25) is 4.79 Å². The molecule has 1 saturated carbocycles. The van der Waals surface area contributed by atoms with Crippen molar-refractivity contribution in [2.24, 2.45) is 11.8 Å². The highest BCUT2D eigenvalue weighted by molar-refractivity contribution is 5.77. The van der Waals surface area contributed by atoms with Gasteiger partial charge in [-0.15, -0.1) is 0 Å². The van der Waals surface area contributed by atoms with Gasteiger partial charge < -0.3 is 15.3 Å². The van der Waals surface area contributed by atoms with Gasteiger partial charge in [0.15, 0.2) is 0 Å². The summed E-state index contributed by atoms with van der Waals surface area (Å²) in [6.45, 7) is 3.19. The Balaban J connectivity index is 1.77. The highest BCUT2D eigenvalue weighted by atomic mass is 16.4. The molecule has 2 aliphatic rings. The van der Waals surface area contributed by atoms with E-state index in [1.807, 2.05) is 0 Å². The predicted octanol–water partition coefficient (Wildman–Crippen LogP) is 1.68. The molecule has 2 rings (SSSR count). The van der Waals surface area contributed by atoms with E-state index in [-0.39, 0.29) is 6.03 Å². The Morgan fingerprint density at radius 2 is 2.22 bits per heavy atom. The van der Waals surface area contributed by atoms with Gasteiger partial charge in [-0.05, 0) is 31.6 Å². The first-order chi connectivity index (χ1) is 8.61. The van der Waals surface area contributed by atoms with Gasteiger partial charge in [0.2, 0.25) is 0 Å². The number of piperidine rings is 1. The van der Waals surface area contributed by atoms with Crippen LogP contribution in [0.25, 0.3) is 0 Å². The Morgan fingerprint density at radius 1 is 1.44 bits per heavy atom. The lowest BCUT2D eigenvalue weighted by Gasteiger charge is -2.30. The van der Waals surface area contributed by atoms with E-state index < -0.39 is 11.9 Å². The maximum Gasteiger partial charge on any atom is 0.317 e. The summed E-state index contributed by atoms with van der Waals surface area (Å²) in [4.78, 5) is 24.6. The summed E-state index contributed by atoms with van der Waals surface area (Å²) in [5.74, 6) is -0.545. The van der Waals surface area contributed by atoms with Crippen LogP contribution in [0.1, 0.15) is 39.0 Å². The summed E-state index contributed by atoms with van der Waals surface area (Å²) in [6, 6.07) is 0.243. The molecule has 1 heterocycles. The molecule has 1 aliphatic carbocycles. The Labute approximate surface area is 108 Å². The van der Waals surface area contributed by atoms with Crippen LogP contribution in [-0.2, 0) is 4.79 Å². The summed E-state index contributed by atoms with van der Waals surface area (Å²) in [7, 11) is 0. The summed E-state index contributed by atoms with van der Waals surface area (Å²) >= 11 is 0. The van der Waals surface area contributed by atoms with Crippen LogP contribution in [0, 0.1) is 11.8 Å². The van der Waals surface area contributed by atoms with Gasteiger partial charge >= 0.3 is 12.0 Å². The number of amides is 2. The Hall–Kier alpha value is -1.26. The quantitative estimate of drug-likeness (QED) is 0.802. The minimum atomic E-state index is -0.789. The molecular weight excluding hydrogens is 232 g/mol. The predicted molar refractivity (Wildman–Crippen MR) is 67.3 cm³/mol. The molecule has 18 heavy (non-hydrogen) atoms. The fourth-order valence-electron chi connectivity index (χ4n) is 2.73. The molecule has 0 aromatic rings. The van der Waals surface area contributed by atoms with Gasteiger partial charge in [0.1, 0.15) is 0 Å². The fraction of sp³-hybridized carbons (Fsp3) is 0.846. The van der Waals surface area contributed by atoms with Crippen molar-refractivity contribution in [1.82, 2.24) is 10.2 Å². The van der Waals surface area contributed by atoms with Crippen LogP contribution in [0.2, 0.25) is 0 Å². The standard InChI is InChI=1S/C13H22N2O3/c1-2-4-9-7-11(9)14-13(18)15-6-3-5-10(8-15)12(16)17/h9-11H,2-8H2,1H3,(H,14,18)(H,16,17)/t9?,10-,11?/m0/s1. The Morgan fingerprint density at radius 3 is 2.89 bits per heavy atom. The molecule has 0 radical (unpaired) electrons. The number of hydrogen-bond acceptors (Lipinski definition) is 2. The van der Waals surface area contributed by atoms with Crippen molar-refractivity contribution >= 4 is 12.0 Å². The molecule has 0 spiro atoms. The van der Waals surface area contributed by atoms with Gasteiger partial charge in [0.25, 0.3) is 0 Å². The average molecular weight is 254 g/mol. The molecule has 0 aromatic heterocycles. The van der Waals surface area contributed by atoms with E-state index in [0.717, 1.165) is 19.3 Å². The Bertz CT molecular complexity index is 332. The lowest BCUT2D eigenvalue weighted by atomic mass is 9.99. The summed E-state index contributed by atoms with van der Waals surface area (Å²) in [5.41, 5.74) is 0. The van der Waals surface area contributed by atoms with Crippen LogP contribution in [0.15, 0.2) is 0 Å². The third-order valence-corrected chi connectivity index (χ3v) is 3.95. The number of carbonyl (C=O) groups excluding carboxylic acids is 1. The lowest BCUT2D eigenvalue weighted by Crippen LogP contribution is -2.47. The summed E-state index contributed by atoms with van der Waals surface area (Å²) in [5, 5.41) is 12.0. The number of aliphatic carboxylic acids is 1. The summed E-state index contributed by atoms with van der Waals surface area (Å²) in [6.07, 6.45) is 4.87. The number of carboxylic acid groups (broad SMARTS) is 1. The number of likely N-dealkylation sites (tertiary alicyclic amines) is 1.